The zero-order valence-corrected chi connectivity index (χ0v) is 10.00. The largest absolute Gasteiger partial charge is 0.397 e. The summed E-state index contributed by atoms with van der Waals surface area (Å²) in [5, 5.41) is 2.63. The third-order valence-corrected chi connectivity index (χ3v) is 2.47. The number of ether oxygens (including phenoxy) is 1. The molecule has 5 heteroatoms. The standard InChI is InChI=1S/C12H17FN2O2/c1-8(17-2)3-6-12(16)15-11-5-4-9(13)7-10(11)14/h4-5,7-8H,3,6,14H2,1-2H3,(H,15,16). The van der Waals surface area contributed by atoms with Gasteiger partial charge >= 0.3 is 0 Å². The predicted octanol–water partition coefficient (Wildman–Crippen LogP) is 2.16. The molecule has 0 bridgehead atoms. The Morgan fingerprint density at radius 1 is 1.59 bits per heavy atom. The average molecular weight is 240 g/mol. The summed E-state index contributed by atoms with van der Waals surface area (Å²) < 4.78 is 17.8. The zero-order chi connectivity index (χ0) is 12.8. The Labute approximate surface area is 100.0 Å². The molecule has 17 heavy (non-hydrogen) atoms. The predicted molar refractivity (Wildman–Crippen MR) is 65.1 cm³/mol. The number of rotatable bonds is 5. The van der Waals surface area contributed by atoms with Crippen molar-refractivity contribution in [3.05, 3.63) is 24.0 Å². The van der Waals surface area contributed by atoms with Gasteiger partial charge < -0.3 is 15.8 Å². The first kappa shape index (κ1) is 13.4. The Morgan fingerprint density at radius 3 is 2.88 bits per heavy atom. The maximum Gasteiger partial charge on any atom is 0.224 e. The molecule has 0 aromatic heterocycles. The van der Waals surface area contributed by atoms with Crippen LogP contribution in [0.25, 0.3) is 0 Å². The van der Waals surface area contributed by atoms with Gasteiger partial charge in [0, 0.05) is 13.5 Å². The van der Waals surface area contributed by atoms with E-state index in [1.54, 1.807) is 7.11 Å². The number of carbonyl (C=O) groups excluding carboxylic acids is 1. The molecule has 0 radical (unpaired) electrons. The lowest BCUT2D eigenvalue weighted by molar-refractivity contribution is -0.116. The molecule has 0 fully saturated rings. The van der Waals surface area contributed by atoms with E-state index in [1.165, 1.54) is 18.2 Å². The van der Waals surface area contributed by atoms with E-state index in [2.05, 4.69) is 5.32 Å². The van der Waals surface area contributed by atoms with Crippen molar-refractivity contribution in [3.8, 4) is 0 Å². The van der Waals surface area contributed by atoms with Gasteiger partial charge in [-0.3, -0.25) is 4.79 Å². The van der Waals surface area contributed by atoms with E-state index in [-0.39, 0.29) is 17.7 Å². The van der Waals surface area contributed by atoms with Gasteiger partial charge in [0.25, 0.3) is 0 Å². The fraction of sp³-hybridized carbons (Fsp3) is 0.417. The molecule has 0 spiro atoms. The van der Waals surface area contributed by atoms with Crippen LogP contribution in [0.3, 0.4) is 0 Å². The lowest BCUT2D eigenvalue weighted by Gasteiger charge is -2.10. The number of halogens is 1. The monoisotopic (exact) mass is 240 g/mol. The number of hydrogen-bond acceptors (Lipinski definition) is 3. The highest BCUT2D eigenvalue weighted by molar-refractivity contribution is 5.93. The number of carbonyl (C=O) groups is 1. The molecular formula is C12H17FN2O2. The van der Waals surface area contributed by atoms with E-state index in [0.717, 1.165) is 0 Å². The number of nitrogens with one attached hydrogen (secondary N) is 1. The summed E-state index contributed by atoms with van der Waals surface area (Å²) >= 11 is 0. The van der Waals surface area contributed by atoms with Crippen molar-refractivity contribution in [2.24, 2.45) is 0 Å². The molecule has 94 valence electrons. The van der Waals surface area contributed by atoms with Crippen molar-refractivity contribution >= 4 is 17.3 Å². The highest BCUT2D eigenvalue weighted by Crippen LogP contribution is 2.19. The molecule has 3 N–H and O–H groups in total. The Bertz CT molecular complexity index is 396. The topological polar surface area (TPSA) is 64.3 Å². The van der Waals surface area contributed by atoms with Crippen LogP contribution in [0.4, 0.5) is 15.8 Å². The number of nitrogens with two attached hydrogens (primary N) is 1. The van der Waals surface area contributed by atoms with E-state index >= 15 is 0 Å². The van der Waals surface area contributed by atoms with Gasteiger partial charge in [-0.05, 0) is 31.5 Å². The minimum Gasteiger partial charge on any atom is -0.397 e. The second-order valence-electron chi connectivity index (χ2n) is 3.86. The summed E-state index contributed by atoms with van der Waals surface area (Å²) in [6.45, 7) is 1.89. The molecule has 0 heterocycles. The van der Waals surface area contributed by atoms with Gasteiger partial charge in [-0.2, -0.15) is 0 Å². The van der Waals surface area contributed by atoms with Crippen LogP contribution >= 0.6 is 0 Å². The first-order valence-electron chi connectivity index (χ1n) is 5.40. The molecule has 1 unspecified atom stereocenters. The molecule has 1 amide bonds. The van der Waals surface area contributed by atoms with Gasteiger partial charge in [-0.15, -0.1) is 0 Å². The van der Waals surface area contributed by atoms with Crippen LogP contribution in [-0.2, 0) is 9.53 Å². The van der Waals surface area contributed by atoms with Gasteiger partial charge in [-0.25, -0.2) is 4.39 Å². The number of nitrogen functional groups attached to an aromatic ring is 1. The lowest BCUT2D eigenvalue weighted by Crippen LogP contribution is -2.16. The summed E-state index contributed by atoms with van der Waals surface area (Å²) in [7, 11) is 1.60. The van der Waals surface area contributed by atoms with Crippen molar-refractivity contribution in [3.63, 3.8) is 0 Å². The van der Waals surface area contributed by atoms with Crippen LogP contribution in [0.2, 0.25) is 0 Å². The van der Waals surface area contributed by atoms with Gasteiger partial charge in [0.1, 0.15) is 5.82 Å². The summed E-state index contributed by atoms with van der Waals surface area (Å²) in [5.41, 5.74) is 6.22. The van der Waals surface area contributed by atoms with Crippen molar-refractivity contribution in [1.29, 1.82) is 0 Å². The lowest BCUT2D eigenvalue weighted by atomic mass is 10.2. The molecule has 4 nitrogen and oxygen atoms in total. The maximum atomic E-state index is 12.8. The highest BCUT2D eigenvalue weighted by Gasteiger charge is 2.08. The summed E-state index contributed by atoms with van der Waals surface area (Å²) in [6.07, 6.45) is 1.00. The van der Waals surface area contributed by atoms with Crippen molar-refractivity contribution in [2.45, 2.75) is 25.9 Å². The van der Waals surface area contributed by atoms with Crippen molar-refractivity contribution in [1.82, 2.24) is 0 Å². The molecule has 0 aliphatic heterocycles. The molecule has 0 aliphatic rings. The number of amides is 1. The second-order valence-corrected chi connectivity index (χ2v) is 3.86. The highest BCUT2D eigenvalue weighted by atomic mass is 19.1. The third kappa shape index (κ3) is 4.40. The fourth-order valence-electron chi connectivity index (χ4n) is 1.31. The molecule has 0 saturated carbocycles. The van der Waals surface area contributed by atoms with Gasteiger partial charge in [-0.1, -0.05) is 0 Å². The molecule has 0 aliphatic carbocycles. The van der Waals surface area contributed by atoms with E-state index in [4.69, 9.17) is 10.5 Å². The van der Waals surface area contributed by atoms with E-state index < -0.39 is 5.82 Å². The zero-order valence-electron chi connectivity index (χ0n) is 10.00. The summed E-state index contributed by atoms with van der Waals surface area (Å²) in [5.74, 6) is -0.583. The van der Waals surface area contributed by atoms with Crippen LogP contribution < -0.4 is 11.1 Å². The Balaban J connectivity index is 2.50. The fourth-order valence-corrected chi connectivity index (χ4v) is 1.31. The SMILES string of the molecule is COC(C)CCC(=O)Nc1ccc(F)cc1N. The number of methoxy groups -OCH3 is 1. The average Bonchev–Trinajstić information content (AvgIpc) is 2.29. The number of anilines is 2. The van der Waals surface area contributed by atoms with Gasteiger partial charge in [0.15, 0.2) is 0 Å². The minimum absolute atomic E-state index is 0.0336. The normalized spacial score (nSPS) is 12.2. The van der Waals surface area contributed by atoms with Crippen LogP contribution in [0.1, 0.15) is 19.8 Å². The summed E-state index contributed by atoms with van der Waals surface area (Å²) in [4.78, 5) is 11.6. The van der Waals surface area contributed by atoms with E-state index in [9.17, 15) is 9.18 Å². The van der Waals surface area contributed by atoms with Crippen LogP contribution in [0, 0.1) is 5.82 Å². The van der Waals surface area contributed by atoms with Gasteiger partial charge in [0.2, 0.25) is 5.91 Å². The van der Waals surface area contributed by atoms with E-state index in [1.807, 2.05) is 6.92 Å². The Morgan fingerprint density at radius 2 is 2.29 bits per heavy atom. The number of benzene rings is 1. The smallest absolute Gasteiger partial charge is 0.224 e. The first-order chi connectivity index (χ1) is 8.02. The van der Waals surface area contributed by atoms with Crippen molar-refractivity contribution in [2.75, 3.05) is 18.2 Å². The Hall–Kier alpha value is -1.62. The Kier molecular flexibility index (Phi) is 4.90. The van der Waals surface area contributed by atoms with Crippen molar-refractivity contribution < 1.29 is 13.9 Å². The maximum absolute atomic E-state index is 12.8. The molecule has 1 rings (SSSR count). The molecule has 0 saturated heterocycles. The quantitative estimate of drug-likeness (QED) is 0.775. The minimum atomic E-state index is -0.423. The number of hydrogen-bond donors (Lipinski definition) is 2. The van der Waals surface area contributed by atoms with Crippen LogP contribution in [-0.4, -0.2) is 19.1 Å². The second kappa shape index (κ2) is 6.20. The van der Waals surface area contributed by atoms with Crippen LogP contribution in [0.15, 0.2) is 18.2 Å². The third-order valence-electron chi connectivity index (χ3n) is 2.47. The van der Waals surface area contributed by atoms with Gasteiger partial charge in [0.05, 0.1) is 17.5 Å². The van der Waals surface area contributed by atoms with Crippen LogP contribution in [0.5, 0.6) is 0 Å². The molecule has 1 atom stereocenters. The first-order valence-corrected chi connectivity index (χ1v) is 5.40. The molecular weight excluding hydrogens is 223 g/mol. The molecule has 1 aromatic carbocycles. The van der Waals surface area contributed by atoms with E-state index in [0.29, 0.717) is 18.5 Å². The molecule has 1 aromatic rings. The summed E-state index contributed by atoms with van der Waals surface area (Å²) in [6, 6.07) is 3.87.